The summed E-state index contributed by atoms with van der Waals surface area (Å²) in [5.74, 6) is -0.976. The summed E-state index contributed by atoms with van der Waals surface area (Å²) in [6.07, 6.45) is 0. The van der Waals surface area contributed by atoms with Crippen LogP contribution >= 0.6 is 0 Å². The highest BCUT2D eigenvalue weighted by Gasteiger charge is 2.06. The van der Waals surface area contributed by atoms with E-state index in [1.165, 1.54) is 0 Å². The predicted molar refractivity (Wildman–Crippen MR) is 73.4 cm³/mol. The van der Waals surface area contributed by atoms with Crippen molar-refractivity contribution in [2.24, 2.45) is 11.5 Å². The van der Waals surface area contributed by atoms with Gasteiger partial charge in [0.05, 0.1) is 0 Å². The van der Waals surface area contributed by atoms with Crippen molar-refractivity contribution in [2.45, 2.75) is 0 Å². The molecule has 0 aliphatic heterocycles. The predicted octanol–water partition coefficient (Wildman–Crippen LogP) is 1.73. The fourth-order valence-electron chi connectivity index (χ4n) is 1.83. The van der Waals surface area contributed by atoms with Gasteiger partial charge in [-0.15, -0.1) is 0 Å². The van der Waals surface area contributed by atoms with Crippen LogP contribution in [0.15, 0.2) is 42.5 Å². The topological polar surface area (TPSA) is 86.2 Å². The van der Waals surface area contributed by atoms with Crippen molar-refractivity contribution in [3.05, 3.63) is 66.1 Å². The molecule has 0 aliphatic carbocycles. The SMILES string of the molecule is [CH2]c1cc(C(N)=O)cc(-c2ccc(C(N)=O)cc2)c1. The number of nitrogens with two attached hydrogens (primary N) is 2. The maximum Gasteiger partial charge on any atom is 0.248 e. The van der Waals surface area contributed by atoms with E-state index < -0.39 is 11.8 Å². The third-order valence-electron chi connectivity index (χ3n) is 2.78. The van der Waals surface area contributed by atoms with Crippen molar-refractivity contribution in [3.8, 4) is 11.1 Å². The molecule has 0 aromatic heterocycles. The van der Waals surface area contributed by atoms with Crippen LogP contribution in [0.25, 0.3) is 11.1 Å². The first-order valence-corrected chi connectivity index (χ1v) is 5.64. The lowest BCUT2D eigenvalue weighted by molar-refractivity contribution is 0.0992. The molecule has 0 aliphatic rings. The van der Waals surface area contributed by atoms with Crippen LogP contribution in [0.5, 0.6) is 0 Å². The van der Waals surface area contributed by atoms with E-state index in [0.29, 0.717) is 16.7 Å². The highest BCUT2D eigenvalue weighted by Crippen LogP contribution is 2.22. The van der Waals surface area contributed by atoms with Crippen molar-refractivity contribution < 1.29 is 9.59 Å². The Labute approximate surface area is 111 Å². The van der Waals surface area contributed by atoms with Gasteiger partial charge in [-0.2, -0.15) is 0 Å². The molecule has 2 amide bonds. The molecule has 0 unspecified atom stereocenters. The molecule has 4 heteroatoms. The van der Waals surface area contributed by atoms with Gasteiger partial charge in [-0.3, -0.25) is 9.59 Å². The number of benzene rings is 2. The Morgan fingerprint density at radius 2 is 1.37 bits per heavy atom. The molecular weight excluding hydrogens is 240 g/mol. The Morgan fingerprint density at radius 3 is 1.89 bits per heavy atom. The average Bonchev–Trinajstić information content (AvgIpc) is 2.38. The molecule has 2 aromatic rings. The van der Waals surface area contributed by atoms with Gasteiger partial charge in [0.2, 0.25) is 11.8 Å². The van der Waals surface area contributed by atoms with E-state index in [1.807, 2.05) is 6.07 Å². The van der Waals surface area contributed by atoms with Crippen LogP contribution in [-0.4, -0.2) is 11.8 Å². The molecule has 19 heavy (non-hydrogen) atoms. The highest BCUT2D eigenvalue weighted by molar-refractivity contribution is 5.95. The van der Waals surface area contributed by atoms with Crippen molar-refractivity contribution in [1.82, 2.24) is 0 Å². The van der Waals surface area contributed by atoms with Gasteiger partial charge in [-0.05, 0) is 47.9 Å². The van der Waals surface area contributed by atoms with Crippen LogP contribution in [0, 0.1) is 6.92 Å². The maximum absolute atomic E-state index is 11.2. The summed E-state index contributed by atoms with van der Waals surface area (Å²) in [7, 11) is 0. The lowest BCUT2D eigenvalue weighted by atomic mass is 9.99. The van der Waals surface area contributed by atoms with Gasteiger partial charge in [-0.1, -0.05) is 18.2 Å². The van der Waals surface area contributed by atoms with Crippen molar-refractivity contribution in [1.29, 1.82) is 0 Å². The largest absolute Gasteiger partial charge is 0.366 e. The summed E-state index contributed by atoms with van der Waals surface area (Å²) in [6, 6.07) is 12.0. The Morgan fingerprint density at radius 1 is 0.789 bits per heavy atom. The maximum atomic E-state index is 11.2. The smallest absolute Gasteiger partial charge is 0.248 e. The first kappa shape index (κ1) is 12.8. The molecule has 1 radical (unpaired) electrons. The number of carbonyl (C=O) groups is 2. The number of hydrogen-bond acceptors (Lipinski definition) is 2. The van der Waals surface area contributed by atoms with E-state index >= 15 is 0 Å². The third kappa shape index (κ3) is 2.80. The number of rotatable bonds is 3. The van der Waals surface area contributed by atoms with Crippen LogP contribution in [0.1, 0.15) is 26.3 Å². The second-order valence-electron chi connectivity index (χ2n) is 4.22. The summed E-state index contributed by atoms with van der Waals surface area (Å²) >= 11 is 0. The Kier molecular flexibility index (Phi) is 3.33. The molecule has 0 saturated heterocycles. The Hall–Kier alpha value is -2.62. The van der Waals surface area contributed by atoms with Gasteiger partial charge in [0.25, 0.3) is 0 Å². The second kappa shape index (κ2) is 4.94. The van der Waals surface area contributed by atoms with E-state index in [2.05, 4.69) is 6.92 Å². The van der Waals surface area contributed by atoms with Crippen molar-refractivity contribution in [3.63, 3.8) is 0 Å². The quantitative estimate of drug-likeness (QED) is 0.872. The lowest BCUT2D eigenvalue weighted by Crippen LogP contribution is -2.11. The standard InChI is InChI=1S/C15H13N2O2/c1-9-6-12(8-13(7-9)15(17)19)10-2-4-11(5-3-10)14(16)18/h2-8H,1H2,(H2,16,18)(H2,17,19). The van der Waals surface area contributed by atoms with E-state index in [4.69, 9.17) is 11.5 Å². The zero-order chi connectivity index (χ0) is 14.0. The summed E-state index contributed by atoms with van der Waals surface area (Å²) in [6.45, 7) is 3.81. The number of primary amides is 2. The minimum atomic E-state index is -0.500. The zero-order valence-electron chi connectivity index (χ0n) is 10.2. The molecule has 0 atom stereocenters. The van der Waals surface area contributed by atoms with Crippen LogP contribution in [0.4, 0.5) is 0 Å². The summed E-state index contributed by atoms with van der Waals surface area (Å²) in [4.78, 5) is 22.2. The average molecular weight is 253 g/mol. The van der Waals surface area contributed by atoms with Crippen molar-refractivity contribution >= 4 is 11.8 Å². The molecule has 4 nitrogen and oxygen atoms in total. The minimum Gasteiger partial charge on any atom is -0.366 e. The number of amides is 2. The van der Waals surface area contributed by atoms with E-state index in [1.54, 1.807) is 36.4 Å². The number of carbonyl (C=O) groups excluding carboxylic acids is 2. The number of hydrogen-bond donors (Lipinski definition) is 2. The van der Waals surface area contributed by atoms with E-state index in [9.17, 15) is 9.59 Å². The van der Waals surface area contributed by atoms with Crippen LogP contribution in [0.2, 0.25) is 0 Å². The minimum absolute atomic E-state index is 0.404. The van der Waals surface area contributed by atoms with Gasteiger partial charge >= 0.3 is 0 Å². The molecule has 2 rings (SSSR count). The first-order valence-electron chi connectivity index (χ1n) is 5.64. The summed E-state index contributed by atoms with van der Waals surface area (Å²) in [5, 5.41) is 0. The third-order valence-corrected chi connectivity index (χ3v) is 2.78. The van der Waals surface area contributed by atoms with Crippen LogP contribution in [0.3, 0.4) is 0 Å². The normalized spacial score (nSPS) is 10.2. The van der Waals surface area contributed by atoms with Gasteiger partial charge in [0.1, 0.15) is 0 Å². The molecule has 0 bridgehead atoms. The zero-order valence-corrected chi connectivity index (χ0v) is 10.2. The van der Waals surface area contributed by atoms with Gasteiger partial charge < -0.3 is 11.5 Å². The van der Waals surface area contributed by atoms with Crippen molar-refractivity contribution in [2.75, 3.05) is 0 Å². The fourth-order valence-corrected chi connectivity index (χ4v) is 1.83. The molecule has 0 fully saturated rings. The van der Waals surface area contributed by atoms with Crippen LogP contribution < -0.4 is 11.5 Å². The summed E-state index contributed by atoms with van der Waals surface area (Å²) < 4.78 is 0. The highest BCUT2D eigenvalue weighted by atomic mass is 16.1. The first-order chi connectivity index (χ1) is 8.97. The van der Waals surface area contributed by atoms with Gasteiger partial charge in [-0.25, -0.2) is 0 Å². The second-order valence-corrected chi connectivity index (χ2v) is 4.22. The monoisotopic (exact) mass is 253 g/mol. The molecule has 4 N–H and O–H groups in total. The Balaban J connectivity index is 2.46. The molecule has 2 aromatic carbocycles. The molecule has 0 heterocycles. The van der Waals surface area contributed by atoms with E-state index in [0.717, 1.165) is 11.1 Å². The molecule has 0 spiro atoms. The molecular formula is C15H13N2O2. The summed E-state index contributed by atoms with van der Waals surface area (Å²) in [5.41, 5.74) is 13.7. The Bertz CT molecular complexity index is 646. The lowest BCUT2D eigenvalue weighted by Gasteiger charge is -2.06. The van der Waals surface area contributed by atoms with Crippen LogP contribution in [-0.2, 0) is 0 Å². The fraction of sp³-hybridized carbons (Fsp3) is 0. The van der Waals surface area contributed by atoms with Gasteiger partial charge in [0, 0.05) is 11.1 Å². The molecule has 95 valence electrons. The van der Waals surface area contributed by atoms with Gasteiger partial charge in [0.15, 0.2) is 0 Å². The van der Waals surface area contributed by atoms with E-state index in [-0.39, 0.29) is 0 Å². The molecule has 0 saturated carbocycles.